The number of fused-ring (bicyclic) bond motifs is 2. The van der Waals surface area contributed by atoms with Gasteiger partial charge in [-0.1, -0.05) is 23.7 Å². The molecule has 2 aromatic heterocycles. The molecule has 0 amide bonds. The number of halogens is 2. The van der Waals surface area contributed by atoms with Gasteiger partial charge in [0.1, 0.15) is 30.1 Å². The molecule has 42 heavy (non-hydrogen) atoms. The summed E-state index contributed by atoms with van der Waals surface area (Å²) >= 11 is 5.90. The number of hydrogen-bond acceptors (Lipinski definition) is 10. The molecule has 218 valence electrons. The van der Waals surface area contributed by atoms with Crippen molar-refractivity contribution in [3.05, 3.63) is 78.1 Å². The highest BCUT2D eigenvalue weighted by atomic mass is 35.5. The predicted octanol–water partition coefficient (Wildman–Crippen LogP) is 5.49. The van der Waals surface area contributed by atoms with E-state index in [9.17, 15) is 4.39 Å². The van der Waals surface area contributed by atoms with Crippen molar-refractivity contribution in [1.29, 1.82) is 0 Å². The number of nitrogen functional groups attached to an aromatic ring is 1. The number of rotatable bonds is 8. The third-order valence-electron chi connectivity index (χ3n) is 6.66. The SMILES string of the molecule is COc1cc2ncnc(Nc3ccc(F)c(Cl)c3)c2cc1OCCCN1CCOCC1.Nc1ncnc2ccccc12. The van der Waals surface area contributed by atoms with Crippen molar-refractivity contribution < 1.29 is 18.6 Å². The third kappa shape index (κ3) is 7.30. The smallest absolute Gasteiger partial charge is 0.162 e. The van der Waals surface area contributed by atoms with Crippen LogP contribution in [0.2, 0.25) is 5.02 Å². The zero-order valence-electron chi connectivity index (χ0n) is 23.1. The third-order valence-corrected chi connectivity index (χ3v) is 6.95. The lowest BCUT2D eigenvalue weighted by atomic mass is 10.2. The van der Waals surface area contributed by atoms with Crippen molar-refractivity contribution in [3.63, 3.8) is 0 Å². The van der Waals surface area contributed by atoms with Crippen LogP contribution in [0.4, 0.5) is 21.7 Å². The summed E-state index contributed by atoms with van der Waals surface area (Å²) in [6.07, 6.45) is 3.82. The minimum absolute atomic E-state index is 0.0364. The van der Waals surface area contributed by atoms with Gasteiger partial charge in [0.15, 0.2) is 11.5 Å². The summed E-state index contributed by atoms with van der Waals surface area (Å²) in [6.45, 7) is 5.00. The van der Waals surface area contributed by atoms with Crippen molar-refractivity contribution in [2.75, 3.05) is 57.6 Å². The Balaban J connectivity index is 0.000000267. The van der Waals surface area contributed by atoms with E-state index in [1.165, 1.54) is 24.8 Å². The van der Waals surface area contributed by atoms with Crippen molar-refractivity contribution >= 4 is 50.7 Å². The lowest BCUT2D eigenvalue weighted by molar-refractivity contribution is 0.0357. The number of aromatic nitrogens is 4. The average Bonchev–Trinajstić information content (AvgIpc) is 3.02. The first-order valence-corrected chi connectivity index (χ1v) is 13.8. The van der Waals surface area contributed by atoms with Crippen LogP contribution in [-0.4, -0.2) is 71.4 Å². The van der Waals surface area contributed by atoms with Gasteiger partial charge in [-0.15, -0.1) is 0 Å². The molecule has 0 spiro atoms. The van der Waals surface area contributed by atoms with Gasteiger partial charge in [-0.25, -0.2) is 24.3 Å². The fourth-order valence-corrected chi connectivity index (χ4v) is 4.65. The van der Waals surface area contributed by atoms with Crippen molar-refractivity contribution in [1.82, 2.24) is 24.8 Å². The van der Waals surface area contributed by atoms with Gasteiger partial charge < -0.3 is 25.3 Å². The molecule has 1 saturated heterocycles. The molecule has 3 N–H and O–H groups in total. The summed E-state index contributed by atoms with van der Waals surface area (Å²) in [5.41, 5.74) is 7.81. The zero-order valence-corrected chi connectivity index (χ0v) is 23.9. The Morgan fingerprint density at radius 3 is 2.52 bits per heavy atom. The summed E-state index contributed by atoms with van der Waals surface area (Å²) < 4.78 is 30.4. The number of nitrogens with two attached hydrogens (primary N) is 1. The van der Waals surface area contributed by atoms with Crippen molar-refractivity contribution in [2.45, 2.75) is 6.42 Å². The normalized spacial score (nSPS) is 13.4. The molecule has 3 aromatic carbocycles. The maximum absolute atomic E-state index is 13.5. The van der Waals surface area contributed by atoms with E-state index >= 15 is 0 Å². The van der Waals surface area contributed by atoms with Crippen LogP contribution in [0.25, 0.3) is 21.8 Å². The van der Waals surface area contributed by atoms with Crippen LogP contribution in [-0.2, 0) is 4.74 Å². The Hall–Kier alpha value is -4.32. The van der Waals surface area contributed by atoms with E-state index in [4.69, 9.17) is 31.5 Å². The molecular weight excluding hydrogens is 561 g/mol. The summed E-state index contributed by atoms with van der Waals surface area (Å²) in [5, 5.41) is 4.88. The second-order valence-electron chi connectivity index (χ2n) is 9.43. The van der Waals surface area contributed by atoms with Crippen LogP contribution in [0.5, 0.6) is 11.5 Å². The Bertz CT molecular complexity index is 1650. The van der Waals surface area contributed by atoms with E-state index in [0.29, 0.717) is 40.9 Å². The molecule has 6 rings (SSSR count). The maximum atomic E-state index is 13.5. The second-order valence-corrected chi connectivity index (χ2v) is 9.84. The van der Waals surface area contributed by atoms with Gasteiger partial charge in [-0.2, -0.15) is 0 Å². The van der Waals surface area contributed by atoms with Crippen LogP contribution < -0.4 is 20.5 Å². The molecule has 10 nitrogen and oxygen atoms in total. The number of methoxy groups -OCH3 is 1. The summed E-state index contributed by atoms with van der Waals surface area (Å²) in [6, 6.07) is 15.8. The highest BCUT2D eigenvalue weighted by Gasteiger charge is 2.14. The summed E-state index contributed by atoms with van der Waals surface area (Å²) in [5.74, 6) is 1.85. The largest absolute Gasteiger partial charge is 0.493 e. The van der Waals surface area contributed by atoms with E-state index in [0.717, 1.165) is 55.6 Å². The van der Waals surface area contributed by atoms with E-state index in [1.807, 2.05) is 36.4 Å². The lowest BCUT2D eigenvalue weighted by Crippen LogP contribution is -2.37. The quantitative estimate of drug-likeness (QED) is 0.224. The van der Waals surface area contributed by atoms with Crippen molar-refractivity contribution in [3.8, 4) is 11.5 Å². The Morgan fingerprint density at radius 2 is 1.74 bits per heavy atom. The van der Waals surface area contributed by atoms with Crippen molar-refractivity contribution in [2.24, 2.45) is 0 Å². The standard InChI is InChI=1S/C22H24ClFN4O3.C8H7N3/c1-29-20-13-19-16(12-21(20)31-8-2-5-28-6-9-30-10-7-28)22(26-14-25-19)27-15-3-4-18(24)17(23)11-15;9-8-6-3-1-2-4-7(6)10-5-11-8/h3-4,11-14H,2,5-10H2,1H3,(H,25,26,27);1-5H,(H2,9,10,11). The molecule has 5 aromatic rings. The molecule has 1 fully saturated rings. The molecular formula is C30H31ClFN7O3. The number of nitrogens with zero attached hydrogens (tertiary/aromatic N) is 5. The molecule has 0 radical (unpaired) electrons. The van der Waals surface area contributed by atoms with Crippen LogP contribution in [0.1, 0.15) is 6.42 Å². The number of para-hydroxylation sites is 1. The maximum Gasteiger partial charge on any atom is 0.162 e. The number of morpholine rings is 1. The van der Waals surface area contributed by atoms with E-state index < -0.39 is 5.82 Å². The van der Waals surface area contributed by atoms with E-state index in [-0.39, 0.29) is 5.02 Å². The molecule has 0 atom stereocenters. The van der Waals surface area contributed by atoms with Gasteiger partial charge in [0.05, 0.1) is 43.0 Å². The van der Waals surface area contributed by atoms with Crippen LogP contribution >= 0.6 is 11.6 Å². The molecule has 1 aliphatic heterocycles. The number of nitrogens with one attached hydrogen (secondary N) is 1. The predicted molar refractivity (Wildman–Crippen MR) is 162 cm³/mol. The molecule has 12 heteroatoms. The lowest BCUT2D eigenvalue weighted by Gasteiger charge is -2.26. The average molecular weight is 592 g/mol. The molecule has 0 bridgehead atoms. The first-order chi connectivity index (χ1) is 20.5. The number of ether oxygens (including phenoxy) is 3. The monoisotopic (exact) mass is 591 g/mol. The van der Waals surface area contributed by atoms with E-state index in [1.54, 1.807) is 13.2 Å². The number of benzene rings is 3. The zero-order chi connectivity index (χ0) is 29.3. The van der Waals surface area contributed by atoms with Gasteiger partial charge >= 0.3 is 0 Å². The fourth-order valence-electron chi connectivity index (χ4n) is 4.47. The van der Waals surface area contributed by atoms with Gasteiger partial charge in [-0.3, -0.25) is 4.90 Å². The molecule has 3 heterocycles. The van der Waals surface area contributed by atoms with E-state index in [2.05, 4.69) is 30.2 Å². The fraction of sp³-hybridized carbons (Fsp3) is 0.267. The summed E-state index contributed by atoms with van der Waals surface area (Å²) in [4.78, 5) is 19.0. The highest BCUT2D eigenvalue weighted by molar-refractivity contribution is 6.31. The number of hydrogen-bond donors (Lipinski definition) is 2. The van der Waals surface area contributed by atoms with Gasteiger partial charge in [0.2, 0.25) is 0 Å². The molecule has 0 saturated carbocycles. The second kappa shape index (κ2) is 14.0. The van der Waals surface area contributed by atoms with Crippen LogP contribution in [0, 0.1) is 5.82 Å². The summed E-state index contributed by atoms with van der Waals surface area (Å²) in [7, 11) is 1.60. The van der Waals surface area contributed by atoms with Gasteiger partial charge in [-0.05, 0) is 42.8 Å². The Morgan fingerprint density at radius 1 is 0.952 bits per heavy atom. The minimum Gasteiger partial charge on any atom is -0.493 e. The first kappa shape index (κ1) is 29.2. The Kier molecular flexibility index (Phi) is 9.75. The van der Waals surface area contributed by atoms with Gasteiger partial charge in [0, 0.05) is 42.2 Å². The highest BCUT2D eigenvalue weighted by Crippen LogP contribution is 2.35. The topological polar surface area (TPSA) is 121 Å². The Labute approximate surface area is 247 Å². The molecule has 1 aliphatic rings. The molecule has 0 unspecified atom stereocenters. The first-order valence-electron chi connectivity index (χ1n) is 13.4. The number of anilines is 3. The van der Waals surface area contributed by atoms with Gasteiger partial charge in [0.25, 0.3) is 0 Å². The van der Waals surface area contributed by atoms with Crippen LogP contribution in [0.3, 0.4) is 0 Å². The molecule has 0 aliphatic carbocycles. The minimum atomic E-state index is -0.475. The van der Waals surface area contributed by atoms with Crippen LogP contribution in [0.15, 0.2) is 67.3 Å².